The Morgan fingerprint density at radius 1 is 1.35 bits per heavy atom. The third-order valence-electron chi connectivity index (χ3n) is 4.04. The van der Waals surface area contributed by atoms with Crippen LogP contribution in [0.2, 0.25) is 10.0 Å². The van der Waals surface area contributed by atoms with Crippen LogP contribution in [-0.2, 0) is 5.54 Å². The summed E-state index contributed by atoms with van der Waals surface area (Å²) in [6.45, 7) is 2.20. The molecule has 2 rings (SSSR count). The third kappa shape index (κ3) is 2.47. The molecule has 2 N–H and O–H groups in total. The summed E-state index contributed by atoms with van der Waals surface area (Å²) in [5.74, 6) is 0.507. The molecule has 1 aromatic rings. The first-order valence-electron chi connectivity index (χ1n) is 6.32. The molecule has 0 heterocycles. The molecular formula is C14H19Cl2N. The van der Waals surface area contributed by atoms with E-state index >= 15 is 0 Å². The first-order valence-corrected chi connectivity index (χ1v) is 7.08. The van der Waals surface area contributed by atoms with Crippen LogP contribution < -0.4 is 5.73 Å². The van der Waals surface area contributed by atoms with Gasteiger partial charge in [-0.15, -0.1) is 0 Å². The lowest BCUT2D eigenvalue weighted by molar-refractivity contribution is 0.184. The average Bonchev–Trinajstić information content (AvgIpc) is 2.33. The van der Waals surface area contributed by atoms with Gasteiger partial charge in [0.25, 0.3) is 0 Å². The maximum Gasteiger partial charge on any atom is 0.0457 e. The molecule has 1 fully saturated rings. The number of benzene rings is 1. The standard InChI is InChI=1S/C14H19Cl2N/c1-2-10-5-3-4-8-14(10,17)12-9-11(15)6-7-13(12)16/h6-7,9-10H,2-5,8,17H2,1H3. The number of nitrogens with two attached hydrogens (primary N) is 1. The number of hydrogen-bond acceptors (Lipinski definition) is 1. The Kier molecular flexibility index (Phi) is 4.02. The Morgan fingerprint density at radius 2 is 2.12 bits per heavy atom. The minimum absolute atomic E-state index is 0.297. The Balaban J connectivity index is 2.44. The molecular weight excluding hydrogens is 253 g/mol. The van der Waals surface area contributed by atoms with Crippen molar-refractivity contribution in [1.82, 2.24) is 0 Å². The lowest BCUT2D eigenvalue weighted by Crippen LogP contribution is -2.46. The summed E-state index contributed by atoms with van der Waals surface area (Å²) in [6.07, 6.45) is 5.74. The maximum atomic E-state index is 6.66. The molecule has 1 saturated carbocycles. The van der Waals surface area contributed by atoms with Crippen LogP contribution in [0, 0.1) is 5.92 Å². The zero-order valence-electron chi connectivity index (χ0n) is 10.2. The number of hydrogen-bond donors (Lipinski definition) is 1. The van der Waals surface area contributed by atoms with Gasteiger partial charge in [0.2, 0.25) is 0 Å². The van der Waals surface area contributed by atoms with Gasteiger partial charge in [-0.25, -0.2) is 0 Å². The van der Waals surface area contributed by atoms with Gasteiger partial charge < -0.3 is 5.73 Å². The molecule has 3 heteroatoms. The van der Waals surface area contributed by atoms with Crippen LogP contribution in [0.15, 0.2) is 18.2 Å². The molecule has 0 aromatic heterocycles. The van der Waals surface area contributed by atoms with Gasteiger partial charge in [0.15, 0.2) is 0 Å². The molecule has 0 aliphatic heterocycles. The summed E-state index contributed by atoms with van der Waals surface area (Å²) in [5.41, 5.74) is 7.39. The second-order valence-corrected chi connectivity index (χ2v) is 5.86. The van der Waals surface area contributed by atoms with Crippen molar-refractivity contribution in [3.05, 3.63) is 33.8 Å². The fraction of sp³-hybridized carbons (Fsp3) is 0.571. The van der Waals surface area contributed by atoms with Crippen LogP contribution in [-0.4, -0.2) is 0 Å². The Labute approximate surface area is 113 Å². The van der Waals surface area contributed by atoms with Gasteiger partial charge in [-0.2, -0.15) is 0 Å². The SMILES string of the molecule is CCC1CCCCC1(N)c1cc(Cl)ccc1Cl. The highest BCUT2D eigenvalue weighted by Gasteiger charge is 2.38. The summed E-state index contributed by atoms with van der Waals surface area (Å²) in [4.78, 5) is 0. The third-order valence-corrected chi connectivity index (χ3v) is 4.61. The first kappa shape index (κ1) is 13.2. The van der Waals surface area contributed by atoms with Crippen LogP contribution in [0.4, 0.5) is 0 Å². The van der Waals surface area contributed by atoms with Crippen LogP contribution in [0.5, 0.6) is 0 Å². The van der Waals surface area contributed by atoms with E-state index in [9.17, 15) is 0 Å². The maximum absolute atomic E-state index is 6.66. The van der Waals surface area contributed by atoms with E-state index in [0.717, 1.165) is 28.5 Å². The topological polar surface area (TPSA) is 26.0 Å². The quantitative estimate of drug-likeness (QED) is 0.826. The second-order valence-electron chi connectivity index (χ2n) is 5.02. The summed E-state index contributed by atoms with van der Waals surface area (Å²) in [7, 11) is 0. The van der Waals surface area contributed by atoms with Crippen LogP contribution in [0.25, 0.3) is 0 Å². The van der Waals surface area contributed by atoms with E-state index in [4.69, 9.17) is 28.9 Å². The highest BCUT2D eigenvalue weighted by molar-refractivity contribution is 6.33. The fourth-order valence-corrected chi connectivity index (χ4v) is 3.51. The van der Waals surface area contributed by atoms with Crippen molar-refractivity contribution in [2.24, 2.45) is 11.7 Å². The Morgan fingerprint density at radius 3 is 2.82 bits per heavy atom. The summed E-state index contributed by atoms with van der Waals surface area (Å²) >= 11 is 12.4. The van der Waals surface area contributed by atoms with Crippen molar-refractivity contribution in [3.63, 3.8) is 0 Å². The highest BCUT2D eigenvalue weighted by Crippen LogP contribution is 2.44. The number of halogens is 2. The second kappa shape index (κ2) is 5.17. The largest absolute Gasteiger partial charge is 0.321 e. The molecule has 0 bridgehead atoms. The minimum Gasteiger partial charge on any atom is -0.321 e. The molecule has 1 aliphatic rings. The van der Waals surface area contributed by atoms with Crippen molar-refractivity contribution < 1.29 is 0 Å². The Hall–Kier alpha value is -0.240. The van der Waals surface area contributed by atoms with Crippen molar-refractivity contribution in [3.8, 4) is 0 Å². The smallest absolute Gasteiger partial charge is 0.0457 e. The van der Waals surface area contributed by atoms with Crippen molar-refractivity contribution >= 4 is 23.2 Å². The van der Waals surface area contributed by atoms with Crippen LogP contribution in [0.3, 0.4) is 0 Å². The molecule has 1 aliphatic carbocycles. The lowest BCUT2D eigenvalue weighted by atomic mass is 9.68. The molecule has 1 nitrogen and oxygen atoms in total. The molecule has 0 amide bonds. The molecule has 0 saturated heterocycles. The van der Waals surface area contributed by atoms with E-state index in [2.05, 4.69) is 6.92 Å². The van der Waals surface area contributed by atoms with Crippen molar-refractivity contribution in [2.75, 3.05) is 0 Å². The van der Waals surface area contributed by atoms with Crippen LogP contribution in [0.1, 0.15) is 44.6 Å². The average molecular weight is 272 g/mol. The molecule has 0 radical (unpaired) electrons. The highest BCUT2D eigenvalue weighted by atomic mass is 35.5. The van der Waals surface area contributed by atoms with E-state index in [1.807, 2.05) is 18.2 Å². The van der Waals surface area contributed by atoms with Gasteiger partial charge in [0, 0.05) is 15.6 Å². The van der Waals surface area contributed by atoms with E-state index < -0.39 is 0 Å². The summed E-state index contributed by atoms with van der Waals surface area (Å²) in [5, 5.41) is 1.46. The van der Waals surface area contributed by atoms with Crippen molar-refractivity contribution in [2.45, 2.75) is 44.6 Å². The summed E-state index contributed by atoms with van der Waals surface area (Å²) < 4.78 is 0. The summed E-state index contributed by atoms with van der Waals surface area (Å²) in [6, 6.07) is 5.62. The van der Waals surface area contributed by atoms with Crippen molar-refractivity contribution in [1.29, 1.82) is 0 Å². The van der Waals surface area contributed by atoms with E-state index in [-0.39, 0.29) is 5.54 Å². The van der Waals surface area contributed by atoms with Gasteiger partial charge in [0.1, 0.15) is 0 Å². The zero-order chi connectivity index (χ0) is 12.5. The zero-order valence-corrected chi connectivity index (χ0v) is 11.7. The molecule has 2 atom stereocenters. The molecule has 1 aromatic carbocycles. The van der Waals surface area contributed by atoms with Gasteiger partial charge in [-0.05, 0) is 42.5 Å². The minimum atomic E-state index is -0.297. The monoisotopic (exact) mass is 271 g/mol. The van der Waals surface area contributed by atoms with Crippen LogP contribution >= 0.6 is 23.2 Å². The molecule has 0 spiro atoms. The Bertz CT molecular complexity index is 405. The van der Waals surface area contributed by atoms with Gasteiger partial charge in [0.05, 0.1) is 0 Å². The van der Waals surface area contributed by atoms with E-state index in [1.165, 1.54) is 19.3 Å². The van der Waals surface area contributed by atoms with E-state index in [0.29, 0.717) is 5.92 Å². The normalized spacial score (nSPS) is 29.3. The molecule has 17 heavy (non-hydrogen) atoms. The fourth-order valence-electron chi connectivity index (χ4n) is 3.05. The van der Waals surface area contributed by atoms with Gasteiger partial charge in [-0.1, -0.05) is 49.4 Å². The van der Waals surface area contributed by atoms with Gasteiger partial charge >= 0.3 is 0 Å². The first-order chi connectivity index (χ1) is 8.08. The predicted octanol–water partition coefficient (Wildman–Crippen LogP) is 4.75. The predicted molar refractivity (Wildman–Crippen MR) is 74.6 cm³/mol. The van der Waals surface area contributed by atoms with E-state index in [1.54, 1.807) is 0 Å². The molecule has 2 unspecified atom stereocenters. The lowest BCUT2D eigenvalue weighted by Gasteiger charge is -2.42. The number of rotatable bonds is 2. The molecule has 94 valence electrons. The van der Waals surface area contributed by atoms with Gasteiger partial charge in [-0.3, -0.25) is 0 Å².